The fraction of sp³-hybridized carbons (Fsp3) is 0.250. The molecule has 0 radical (unpaired) electrons. The van der Waals surface area contributed by atoms with Crippen molar-refractivity contribution in [1.82, 2.24) is 4.98 Å². The van der Waals surface area contributed by atoms with Crippen molar-refractivity contribution in [3.63, 3.8) is 0 Å². The van der Waals surface area contributed by atoms with Gasteiger partial charge in [0.25, 0.3) is 0 Å². The third kappa shape index (κ3) is 1.88. The third-order valence-electron chi connectivity index (χ3n) is 1.75. The number of ether oxygens (including phenoxy) is 1. The summed E-state index contributed by atoms with van der Waals surface area (Å²) in [5.41, 5.74) is 0.808. The van der Waals surface area contributed by atoms with Gasteiger partial charge in [-0.25, -0.2) is 9.78 Å². The molecule has 0 bridgehead atoms. The van der Waals surface area contributed by atoms with E-state index >= 15 is 0 Å². The van der Waals surface area contributed by atoms with E-state index < -0.39 is 5.97 Å². The largest absolute Gasteiger partial charge is 0.478 e. The summed E-state index contributed by atoms with van der Waals surface area (Å²) in [5, 5.41) is 11.7. The van der Waals surface area contributed by atoms with Gasteiger partial charge in [-0.2, -0.15) is 0 Å². The van der Waals surface area contributed by atoms with E-state index in [1.807, 2.05) is 0 Å². The molecule has 0 amide bonds. The summed E-state index contributed by atoms with van der Waals surface area (Å²) in [5.74, 6) is -0.515. The van der Waals surface area contributed by atoms with Crippen LogP contribution in [0.5, 0.6) is 5.88 Å². The first-order chi connectivity index (χ1) is 6.27. The van der Waals surface area contributed by atoms with Gasteiger partial charge >= 0.3 is 5.97 Å². The molecular weight excluding hydrogens is 208 g/mol. The number of carboxylic acid groups (broad SMARTS) is 1. The highest BCUT2D eigenvalue weighted by Crippen LogP contribution is 2.24. The molecule has 76 valence electrons. The summed E-state index contributed by atoms with van der Waals surface area (Å²) in [6.07, 6.45) is 1.29. The Bertz CT molecular complexity index is 356. The van der Waals surface area contributed by atoms with Gasteiger partial charge in [0.1, 0.15) is 6.61 Å². The molecule has 14 heavy (non-hydrogen) atoms. The van der Waals surface area contributed by atoms with Gasteiger partial charge in [-0.3, -0.25) is 0 Å². The molecule has 5 nitrogen and oxygen atoms in total. The van der Waals surface area contributed by atoms with Crippen LogP contribution in [-0.4, -0.2) is 29.2 Å². The number of aromatic carboxylic acids is 1. The molecule has 0 atom stereocenters. The number of nitrogens with one attached hydrogen (secondary N) is 1. The number of nitrogens with zero attached hydrogens (tertiary/aromatic N) is 1. The Hall–Kier alpha value is -1.49. The van der Waals surface area contributed by atoms with Crippen LogP contribution < -0.4 is 10.1 Å². The lowest BCUT2D eigenvalue weighted by Gasteiger charge is -2.17. The molecule has 2 heterocycles. The topological polar surface area (TPSA) is 71.5 Å². The summed E-state index contributed by atoms with van der Waals surface area (Å²) < 4.78 is 5.19. The van der Waals surface area contributed by atoms with Gasteiger partial charge < -0.3 is 15.2 Å². The van der Waals surface area contributed by atoms with Crippen LogP contribution in [-0.2, 0) is 0 Å². The van der Waals surface area contributed by atoms with Crippen molar-refractivity contribution in [2.45, 2.75) is 0 Å². The Morgan fingerprint density at radius 3 is 3.14 bits per heavy atom. The summed E-state index contributed by atoms with van der Waals surface area (Å²) >= 11 is 0. The molecule has 1 aromatic rings. The van der Waals surface area contributed by atoms with Crippen LogP contribution in [0, 0.1) is 0 Å². The number of hydrogen-bond acceptors (Lipinski definition) is 4. The van der Waals surface area contributed by atoms with Crippen LogP contribution in [0.1, 0.15) is 10.4 Å². The number of carbonyl (C=O) groups is 1. The molecule has 0 saturated carbocycles. The lowest BCUT2D eigenvalue weighted by molar-refractivity contribution is 0.0696. The highest BCUT2D eigenvalue weighted by molar-refractivity contribution is 5.88. The molecule has 0 spiro atoms. The van der Waals surface area contributed by atoms with E-state index in [4.69, 9.17) is 9.84 Å². The number of pyridine rings is 1. The van der Waals surface area contributed by atoms with Gasteiger partial charge in [0.05, 0.1) is 11.3 Å². The minimum absolute atomic E-state index is 0. The maximum absolute atomic E-state index is 10.6. The molecule has 1 aromatic heterocycles. The zero-order chi connectivity index (χ0) is 9.26. The van der Waals surface area contributed by atoms with Crippen LogP contribution in [0.15, 0.2) is 12.3 Å². The van der Waals surface area contributed by atoms with Crippen molar-refractivity contribution in [3.05, 3.63) is 17.8 Å². The number of hydrogen-bond donors (Lipinski definition) is 2. The van der Waals surface area contributed by atoms with E-state index in [1.165, 1.54) is 12.3 Å². The number of rotatable bonds is 1. The number of fused-ring (bicyclic) bond motifs is 1. The number of halogens is 1. The molecule has 0 saturated heterocycles. The second-order valence-corrected chi connectivity index (χ2v) is 2.66. The van der Waals surface area contributed by atoms with Gasteiger partial charge in [0.15, 0.2) is 0 Å². The Kier molecular flexibility index (Phi) is 3.14. The van der Waals surface area contributed by atoms with E-state index in [1.54, 1.807) is 0 Å². The smallest absolute Gasteiger partial charge is 0.337 e. The minimum Gasteiger partial charge on any atom is -0.478 e. The van der Waals surface area contributed by atoms with Crippen molar-refractivity contribution < 1.29 is 14.6 Å². The minimum atomic E-state index is -0.984. The molecule has 0 unspecified atom stereocenters. The van der Waals surface area contributed by atoms with Crippen LogP contribution in [0.4, 0.5) is 5.69 Å². The summed E-state index contributed by atoms with van der Waals surface area (Å²) in [4.78, 5) is 14.5. The molecule has 6 heteroatoms. The van der Waals surface area contributed by atoms with E-state index in [2.05, 4.69) is 10.3 Å². The lowest BCUT2D eigenvalue weighted by atomic mass is 10.2. The maximum Gasteiger partial charge on any atom is 0.337 e. The van der Waals surface area contributed by atoms with Gasteiger partial charge in [-0.15, -0.1) is 12.4 Å². The second-order valence-electron chi connectivity index (χ2n) is 2.66. The fourth-order valence-electron chi connectivity index (χ4n) is 1.14. The Labute approximate surface area is 86.5 Å². The molecular formula is C8H9ClN2O3. The highest BCUT2D eigenvalue weighted by Gasteiger charge is 2.13. The van der Waals surface area contributed by atoms with E-state index in [-0.39, 0.29) is 18.0 Å². The zero-order valence-electron chi connectivity index (χ0n) is 7.19. The number of carboxylic acids is 1. The van der Waals surface area contributed by atoms with Crippen LogP contribution in [0.25, 0.3) is 0 Å². The first-order valence-electron chi connectivity index (χ1n) is 3.87. The van der Waals surface area contributed by atoms with Gasteiger partial charge in [0, 0.05) is 12.7 Å². The average Bonchev–Trinajstić information content (AvgIpc) is 2.17. The van der Waals surface area contributed by atoms with E-state index in [9.17, 15) is 4.79 Å². The average molecular weight is 217 g/mol. The number of anilines is 1. The van der Waals surface area contributed by atoms with Crippen LogP contribution in [0.2, 0.25) is 0 Å². The summed E-state index contributed by atoms with van der Waals surface area (Å²) in [6, 6.07) is 1.52. The number of aromatic nitrogens is 1. The molecule has 2 rings (SSSR count). The maximum atomic E-state index is 10.6. The second kappa shape index (κ2) is 4.15. The standard InChI is InChI=1S/C8H8N2O3.ClH/c11-8(12)5-3-6-7(10-4-5)13-2-1-9-6;/h3-4,9H,1-2H2,(H,11,12);1H. The van der Waals surface area contributed by atoms with Gasteiger partial charge in [-0.1, -0.05) is 0 Å². The fourth-order valence-corrected chi connectivity index (χ4v) is 1.14. The summed E-state index contributed by atoms with van der Waals surface area (Å²) in [7, 11) is 0. The Morgan fingerprint density at radius 2 is 2.43 bits per heavy atom. The van der Waals surface area contributed by atoms with Crippen molar-refractivity contribution in [2.75, 3.05) is 18.5 Å². The predicted octanol–water partition coefficient (Wildman–Crippen LogP) is 1.01. The van der Waals surface area contributed by atoms with Crippen molar-refractivity contribution >= 4 is 24.1 Å². The molecule has 0 fully saturated rings. The quantitative estimate of drug-likeness (QED) is 0.733. The lowest BCUT2D eigenvalue weighted by Crippen LogP contribution is -2.19. The molecule has 0 aromatic carbocycles. The van der Waals surface area contributed by atoms with Crippen LogP contribution in [0.3, 0.4) is 0 Å². The highest BCUT2D eigenvalue weighted by atomic mass is 35.5. The SMILES string of the molecule is Cl.O=C(O)c1cnc2c(c1)NCCO2. The Morgan fingerprint density at radius 1 is 1.64 bits per heavy atom. The first-order valence-corrected chi connectivity index (χ1v) is 3.87. The molecule has 1 aliphatic heterocycles. The van der Waals surface area contributed by atoms with Crippen molar-refractivity contribution in [1.29, 1.82) is 0 Å². The summed E-state index contributed by atoms with van der Waals surface area (Å²) in [6.45, 7) is 1.24. The van der Waals surface area contributed by atoms with E-state index in [0.717, 1.165) is 0 Å². The zero-order valence-corrected chi connectivity index (χ0v) is 8.00. The molecule has 2 N–H and O–H groups in total. The van der Waals surface area contributed by atoms with Crippen LogP contribution >= 0.6 is 12.4 Å². The third-order valence-corrected chi connectivity index (χ3v) is 1.75. The van der Waals surface area contributed by atoms with Gasteiger partial charge in [-0.05, 0) is 6.07 Å². The molecule has 1 aliphatic rings. The monoisotopic (exact) mass is 216 g/mol. The molecule has 0 aliphatic carbocycles. The predicted molar refractivity (Wildman–Crippen MR) is 52.4 cm³/mol. The Balaban J connectivity index is 0.000000980. The van der Waals surface area contributed by atoms with E-state index in [0.29, 0.717) is 24.7 Å². The van der Waals surface area contributed by atoms with Crippen molar-refractivity contribution in [2.24, 2.45) is 0 Å². The van der Waals surface area contributed by atoms with Gasteiger partial charge in [0.2, 0.25) is 5.88 Å². The first kappa shape index (κ1) is 10.6. The van der Waals surface area contributed by atoms with Crippen molar-refractivity contribution in [3.8, 4) is 5.88 Å². The normalized spacial score (nSPS) is 12.9.